The fraction of sp³-hybridized carbons (Fsp3) is 0.375. The Morgan fingerprint density at radius 2 is 2.35 bits per heavy atom. The summed E-state index contributed by atoms with van der Waals surface area (Å²) >= 11 is 1.49. The summed E-state index contributed by atoms with van der Waals surface area (Å²) in [5.41, 5.74) is 2.84. The second kappa shape index (κ2) is 6.55. The smallest absolute Gasteiger partial charge is 0.414 e. The van der Waals surface area contributed by atoms with E-state index >= 15 is 0 Å². The lowest BCUT2D eigenvalue weighted by atomic mass is 10.1. The zero-order chi connectivity index (χ0) is 16.4. The fourth-order valence-corrected chi connectivity index (χ4v) is 3.29. The maximum atomic E-state index is 11.7. The Balaban J connectivity index is 1.74. The summed E-state index contributed by atoms with van der Waals surface area (Å²) in [6, 6.07) is 5.83. The van der Waals surface area contributed by atoms with Crippen molar-refractivity contribution in [3.8, 4) is 0 Å². The largest absolute Gasteiger partial charge is 0.447 e. The maximum absolute atomic E-state index is 11.7. The van der Waals surface area contributed by atoms with E-state index in [-0.39, 0.29) is 6.09 Å². The number of benzene rings is 1. The lowest BCUT2D eigenvalue weighted by molar-refractivity contribution is 0.181. The van der Waals surface area contributed by atoms with Gasteiger partial charge in [0.2, 0.25) is 0 Å². The van der Waals surface area contributed by atoms with Crippen LogP contribution in [-0.2, 0) is 11.3 Å². The molecule has 0 radical (unpaired) electrons. The molecule has 1 fully saturated rings. The van der Waals surface area contributed by atoms with Crippen LogP contribution in [0.5, 0.6) is 0 Å². The van der Waals surface area contributed by atoms with Gasteiger partial charge in [0.15, 0.2) is 0 Å². The van der Waals surface area contributed by atoms with Gasteiger partial charge in [-0.3, -0.25) is 4.90 Å². The first-order valence-electron chi connectivity index (χ1n) is 7.46. The lowest BCUT2D eigenvalue weighted by Gasteiger charge is -2.18. The molecule has 1 aliphatic rings. The number of anilines is 2. The van der Waals surface area contributed by atoms with Gasteiger partial charge in [-0.1, -0.05) is 6.07 Å². The quantitative estimate of drug-likeness (QED) is 0.879. The molecular weight excluding hydrogens is 314 g/mol. The van der Waals surface area contributed by atoms with Crippen LogP contribution in [-0.4, -0.2) is 29.3 Å². The van der Waals surface area contributed by atoms with E-state index in [1.54, 1.807) is 18.0 Å². The monoisotopic (exact) mass is 333 g/mol. The van der Waals surface area contributed by atoms with Gasteiger partial charge >= 0.3 is 6.09 Å². The Morgan fingerprint density at radius 3 is 3.00 bits per heavy atom. The molecule has 7 heteroatoms. The molecule has 122 valence electrons. The van der Waals surface area contributed by atoms with Gasteiger partial charge in [0.25, 0.3) is 0 Å². The first kappa shape index (κ1) is 15.8. The predicted molar refractivity (Wildman–Crippen MR) is 89.9 cm³/mol. The molecule has 2 N–H and O–H groups in total. The number of hydrogen-bond acceptors (Lipinski definition) is 6. The molecule has 23 heavy (non-hydrogen) atoms. The molecule has 2 heterocycles. The molecule has 1 aliphatic heterocycles. The van der Waals surface area contributed by atoms with Crippen LogP contribution in [0, 0.1) is 6.92 Å². The van der Waals surface area contributed by atoms with Gasteiger partial charge < -0.3 is 15.2 Å². The molecule has 1 amide bonds. The molecule has 1 atom stereocenters. The van der Waals surface area contributed by atoms with Gasteiger partial charge in [-0.25, -0.2) is 9.78 Å². The van der Waals surface area contributed by atoms with Crippen LogP contribution in [0.15, 0.2) is 24.4 Å². The molecule has 1 saturated heterocycles. The molecule has 3 rings (SSSR count). The highest BCUT2D eigenvalue weighted by Crippen LogP contribution is 2.29. The number of cyclic esters (lactones) is 1. The van der Waals surface area contributed by atoms with Gasteiger partial charge in [-0.2, -0.15) is 0 Å². The van der Waals surface area contributed by atoms with Crippen molar-refractivity contribution in [3.63, 3.8) is 0 Å². The Labute approximate surface area is 138 Å². The molecule has 0 bridgehead atoms. The molecule has 1 unspecified atom stereocenters. The van der Waals surface area contributed by atoms with Gasteiger partial charge in [0, 0.05) is 16.8 Å². The van der Waals surface area contributed by atoms with E-state index in [1.165, 1.54) is 11.3 Å². The van der Waals surface area contributed by atoms with Crippen LogP contribution in [0.2, 0.25) is 0 Å². The van der Waals surface area contributed by atoms with E-state index in [9.17, 15) is 9.90 Å². The number of aliphatic hydroxyl groups is 1. The second-order valence-electron chi connectivity index (χ2n) is 5.41. The first-order valence-corrected chi connectivity index (χ1v) is 8.28. The van der Waals surface area contributed by atoms with Crippen LogP contribution >= 0.6 is 11.3 Å². The van der Waals surface area contributed by atoms with E-state index in [0.717, 1.165) is 21.8 Å². The average Bonchev–Trinajstić information content (AvgIpc) is 3.15. The first-order chi connectivity index (χ1) is 11.1. The minimum atomic E-state index is -0.542. The molecular formula is C16H19N3O3S. The van der Waals surface area contributed by atoms with Crippen molar-refractivity contribution in [2.75, 3.05) is 23.4 Å². The summed E-state index contributed by atoms with van der Waals surface area (Å²) in [6.45, 7) is 5.32. The number of aromatic nitrogens is 1. The molecule has 0 spiro atoms. The predicted octanol–water partition coefficient (Wildman–Crippen LogP) is 3.07. The average molecular weight is 333 g/mol. The van der Waals surface area contributed by atoms with Crippen LogP contribution in [0.1, 0.15) is 28.5 Å². The number of amides is 1. The van der Waals surface area contributed by atoms with E-state index < -0.39 is 6.10 Å². The minimum absolute atomic E-state index is 0.297. The van der Waals surface area contributed by atoms with E-state index in [2.05, 4.69) is 10.3 Å². The van der Waals surface area contributed by atoms with E-state index in [4.69, 9.17) is 4.74 Å². The normalized spacial score (nSPS) is 15.6. The highest BCUT2D eigenvalue weighted by atomic mass is 32.1. The van der Waals surface area contributed by atoms with Crippen LogP contribution < -0.4 is 10.2 Å². The highest BCUT2D eigenvalue weighted by molar-refractivity contribution is 7.11. The Kier molecular flexibility index (Phi) is 4.49. The summed E-state index contributed by atoms with van der Waals surface area (Å²) in [6.07, 6.45) is 0.936. The number of thiazole rings is 1. The van der Waals surface area contributed by atoms with Crippen LogP contribution in [0.4, 0.5) is 16.2 Å². The summed E-state index contributed by atoms with van der Waals surface area (Å²) in [7, 11) is 0. The third-order valence-corrected chi connectivity index (χ3v) is 4.91. The zero-order valence-electron chi connectivity index (χ0n) is 13.1. The van der Waals surface area contributed by atoms with Gasteiger partial charge in [0.05, 0.1) is 18.8 Å². The van der Waals surface area contributed by atoms with E-state index in [1.807, 2.05) is 25.1 Å². The van der Waals surface area contributed by atoms with Crippen molar-refractivity contribution in [2.24, 2.45) is 0 Å². The Hall–Kier alpha value is -2.12. The number of carbonyl (C=O) groups is 1. The minimum Gasteiger partial charge on any atom is -0.447 e. The summed E-state index contributed by atoms with van der Waals surface area (Å²) in [4.78, 5) is 18.6. The molecule has 0 saturated carbocycles. The Morgan fingerprint density at radius 1 is 1.52 bits per heavy atom. The molecule has 1 aromatic carbocycles. The fourth-order valence-electron chi connectivity index (χ4n) is 2.50. The number of aliphatic hydroxyl groups excluding tert-OH is 1. The summed E-state index contributed by atoms with van der Waals surface area (Å²) < 4.78 is 5.01. The number of nitrogens with one attached hydrogen (secondary N) is 1. The van der Waals surface area contributed by atoms with Crippen molar-refractivity contribution >= 4 is 28.8 Å². The van der Waals surface area contributed by atoms with Crippen molar-refractivity contribution < 1.29 is 14.6 Å². The second-order valence-corrected chi connectivity index (χ2v) is 6.56. The molecule has 1 aromatic heterocycles. The third kappa shape index (κ3) is 3.30. The number of ether oxygens (including phenoxy) is 1. The van der Waals surface area contributed by atoms with Crippen molar-refractivity contribution in [1.29, 1.82) is 0 Å². The van der Waals surface area contributed by atoms with Crippen LogP contribution in [0.3, 0.4) is 0 Å². The van der Waals surface area contributed by atoms with Crippen LogP contribution in [0.25, 0.3) is 0 Å². The van der Waals surface area contributed by atoms with Crippen molar-refractivity contribution in [1.82, 2.24) is 4.98 Å². The summed E-state index contributed by atoms with van der Waals surface area (Å²) in [5.74, 6) is 0. The SMILES string of the molecule is Cc1c(NCc2cnc(C(C)O)s2)cccc1N1CCOC1=O. The van der Waals surface area contributed by atoms with Crippen molar-refractivity contribution in [3.05, 3.63) is 39.8 Å². The lowest BCUT2D eigenvalue weighted by Crippen LogP contribution is -2.24. The molecule has 2 aromatic rings. The van der Waals surface area contributed by atoms with Crippen molar-refractivity contribution in [2.45, 2.75) is 26.5 Å². The van der Waals surface area contributed by atoms with E-state index in [0.29, 0.717) is 24.7 Å². The molecule has 6 nitrogen and oxygen atoms in total. The number of hydrogen-bond donors (Lipinski definition) is 2. The number of rotatable bonds is 5. The standard InChI is InChI=1S/C16H19N3O3S/c1-10-13(17-8-12-9-18-15(23-12)11(2)20)4-3-5-14(10)19-6-7-22-16(19)21/h3-5,9,11,17,20H,6-8H2,1-2H3. The van der Waals surface area contributed by atoms with Gasteiger partial charge in [-0.05, 0) is 31.5 Å². The zero-order valence-corrected chi connectivity index (χ0v) is 13.9. The van der Waals surface area contributed by atoms with Gasteiger partial charge in [-0.15, -0.1) is 11.3 Å². The summed E-state index contributed by atoms with van der Waals surface area (Å²) in [5, 5.41) is 13.6. The number of nitrogens with zero attached hydrogens (tertiary/aromatic N) is 2. The Bertz CT molecular complexity index is 714. The third-order valence-electron chi connectivity index (χ3n) is 3.74. The van der Waals surface area contributed by atoms with Gasteiger partial charge in [0.1, 0.15) is 17.7 Å². The topological polar surface area (TPSA) is 74.7 Å². The highest BCUT2D eigenvalue weighted by Gasteiger charge is 2.25. The number of carbonyl (C=O) groups excluding carboxylic acids is 1. The molecule has 0 aliphatic carbocycles. The maximum Gasteiger partial charge on any atom is 0.414 e.